The van der Waals surface area contributed by atoms with Crippen LogP contribution in [0.15, 0.2) is 22.7 Å². The number of nitrogens with one attached hydrogen (secondary N) is 1. The maximum atomic E-state index is 5.63. The van der Waals surface area contributed by atoms with E-state index in [0.29, 0.717) is 5.92 Å². The van der Waals surface area contributed by atoms with Crippen molar-refractivity contribution in [1.82, 2.24) is 5.32 Å². The van der Waals surface area contributed by atoms with Crippen LogP contribution in [0, 0.1) is 0 Å². The minimum Gasteiger partial charge on any atom is -0.493 e. The van der Waals surface area contributed by atoms with E-state index in [1.54, 1.807) is 0 Å². The molecule has 0 amide bonds. The Labute approximate surface area is 92.8 Å². The number of hydrogen-bond donors (Lipinski definition) is 1. The highest BCUT2D eigenvalue weighted by Crippen LogP contribution is 2.40. The van der Waals surface area contributed by atoms with Gasteiger partial charge in [-0.2, -0.15) is 0 Å². The Bertz CT molecular complexity index is 327. The minimum absolute atomic E-state index is 0.535. The first-order valence-electron chi connectivity index (χ1n) is 4.88. The van der Waals surface area contributed by atoms with Gasteiger partial charge < -0.3 is 10.1 Å². The van der Waals surface area contributed by atoms with Crippen LogP contribution in [0.5, 0.6) is 5.75 Å². The second-order valence-corrected chi connectivity index (χ2v) is 4.41. The molecule has 0 saturated carbocycles. The molecule has 2 rings (SSSR count). The Morgan fingerprint density at radius 1 is 1.57 bits per heavy atom. The highest BCUT2D eigenvalue weighted by Gasteiger charge is 2.25. The van der Waals surface area contributed by atoms with Crippen molar-refractivity contribution in [2.45, 2.75) is 12.3 Å². The zero-order valence-corrected chi connectivity index (χ0v) is 9.80. The maximum absolute atomic E-state index is 5.63. The summed E-state index contributed by atoms with van der Waals surface area (Å²) < 4.78 is 6.81. The summed E-state index contributed by atoms with van der Waals surface area (Å²) in [6.07, 6.45) is 1.13. The third-order valence-electron chi connectivity index (χ3n) is 2.60. The molecule has 76 valence electrons. The maximum Gasteiger partial charge on any atom is 0.124 e. The van der Waals surface area contributed by atoms with E-state index in [0.717, 1.165) is 25.3 Å². The standard InChI is InChI=1S/C11H14BrNO/c1-13-6-5-8-7-14-10-4-2-3-9(12)11(8)10/h2-4,8,13H,5-7H2,1H3. The SMILES string of the molecule is CNCCC1COc2cccc(Br)c21. The zero-order valence-electron chi connectivity index (χ0n) is 8.22. The van der Waals surface area contributed by atoms with E-state index in [4.69, 9.17) is 4.74 Å². The highest BCUT2D eigenvalue weighted by molar-refractivity contribution is 9.10. The smallest absolute Gasteiger partial charge is 0.124 e. The van der Waals surface area contributed by atoms with Crippen LogP contribution >= 0.6 is 15.9 Å². The Morgan fingerprint density at radius 3 is 3.21 bits per heavy atom. The van der Waals surface area contributed by atoms with Gasteiger partial charge in [0.1, 0.15) is 5.75 Å². The van der Waals surface area contributed by atoms with E-state index >= 15 is 0 Å². The molecule has 1 aliphatic rings. The third kappa shape index (κ3) is 1.79. The van der Waals surface area contributed by atoms with Gasteiger partial charge >= 0.3 is 0 Å². The Balaban J connectivity index is 2.20. The van der Waals surface area contributed by atoms with Gasteiger partial charge in [-0.25, -0.2) is 0 Å². The van der Waals surface area contributed by atoms with Gasteiger partial charge in [-0.05, 0) is 32.1 Å². The quantitative estimate of drug-likeness (QED) is 0.897. The van der Waals surface area contributed by atoms with Crippen molar-refractivity contribution in [3.8, 4) is 5.75 Å². The van der Waals surface area contributed by atoms with Crippen molar-refractivity contribution in [2.75, 3.05) is 20.2 Å². The summed E-state index contributed by atoms with van der Waals surface area (Å²) in [4.78, 5) is 0. The van der Waals surface area contributed by atoms with Gasteiger partial charge in [0.25, 0.3) is 0 Å². The molecule has 0 fully saturated rings. The molecule has 0 aliphatic carbocycles. The lowest BCUT2D eigenvalue weighted by molar-refractivity contribution is 0.324. The molecule has 1 N–H and O–H groups in total. The fourth-order valence-corrected chi connectivity index (χ4v) is 2.53. The number of ether oxygens (including phenoxy) is 1. The van der Waals surface area contributed by atoms with E-state index in [9.17, 15) is 0 Å². The lowest BCUT2D eigenvalue weighted by Crippen LogP contribution is -2.13. The molecule has 1 atom stereocenters. The summed E-state index contributed by atoms with van der Waals surface area (Å²) in [5, 5.41) is 3.17. The van der Waals surface area contributed by atoms with E-state index in [2.05, 4.69) is 27.3 Å². The van der Waals surface area contributed by atoms with Crippen LogP contribution in [0.25, 0.3) is 0 Å². The lowest BCUT2D eigenvalue weighted by atomic mass is 9.98. The van der Waals surface area contributed by atoms with Crippen LogP contribution in [0.3, 0.4) is 0 Å². The average Bonchev–Trinajstić information content (AvgIpc) is 2.59. The fraction of sp³-hybridized carbons (Fsp3) is 0.455. The van der Waals surface area contributed by atoms with Gasteiger partial charge in [-0.1, -0.05) is 22.0 Å². The summed E-state index contributed by atoms with van der Waals surface area (Å²) in [5.41, 5.74) is 1.34. The first-order chi connectivity index (χ1) is 6.83. The van der Waals surface area contributed by atoms with Crippen LogP contribution in [0.1, 0.15) is 17.9 Å². The molecular weight excluding hydrogens is 242 g/mol. The van der Waals surface area contributed by atoms with Gasteiger partial charge in [0.15, 0.2) is 0 Å². The number of hydrogen-bond acceptors (Lipinski definition) is 2. The number of fused-ring (bicyclic) bond motifs is 1. The van der Waals surface area contributed by atoms with E-state index in [1.165, 1.54) is 10.0 Å². The molecule has 1 heterocycles. The fourth-order valence-electron chi connectivity index (χ4n) is 1.86. The average molecular weight is 256 g/mol. The molecule has 1 aliphatic heterocycles. The van der Waals surface area contributed by atoms with Crippen molar-refractivity contribution < 1.29 is 4.74 Å². The van der Waals surface area contributed by atoms with Gasteiger partial charge in [0.2, 0.25) is 0 Å². The minimum atomic E-state index is 0.535. The van der Waals surface area contributed by atoms with Crippen LogP contribution in [0.2, 0.25) is 0 Å². The molecule has 3 heteroatoms. The second kappa shape index (κ2) is 4.32. The predicted octanol–water partition coefficient (Wildman–Crippen LogP) is 2.53. The number of rotatable bonds is 3. The van der Waals surface area contributed by atoms with E-state index < -0.39 is 0 Å². The van der Waals surface area contributed by atoms with Crippen LogP contribution < -0.4 is 10.1 Å². The summed E-state index contributed by atoms with van der Waals surface area (Å²) >= 11 is 3.58. The number of benzene rings is 1. The van der Waals surface area contributed by atoms with Crippen LogP contribution in [0.4, 0.5) is 0 Å². The number of halogens is 1. The van der Waals surface area contributed by atoms with Crippen molar-refractivity contribution in [1.29, 1.82) is 0 Å². The van der Waals surface area contributed by atoms with E-state index in [-0.39, 0.29) is 0 Å². The molecule has 1 unspecified atom stereocenters. The molecule has 0 bridgehead atoms. The Morgan fingerprint density at radius 2 is 2.43 bits per heavy atom. The topological polar surface area (TPSA) is 21.3 Å². The molecule has 14 heavy (non-hydrogen) atoms. The first kappa shape index (κ1) is 9.99. The summed E-state index contributed by atoms with van der Waals surface area (Å²) in [7, 11) is 1.98. The van der Waals surface area contributed by atoms with Crippen molar-refractivity contribution in [3.05, 3.63) is 28.2 Å². The normalized spacial score (nSPS) is 19.1. The Hall–Kier alpha value is -0.540. The van der Waals surface area contributed by atoms with Crippen LogP contribution in [-0.4, -0.2) is 20.2 Å². The summed E-state index contributed by atoms with van der Waals surface area (Å²) in [6, 6.07) is 6.14. The lowest BCUT2D eigenvalue weighted by Gasteiger charge is -2.09. The van der Waals surface area contributed by atoms with Gasteiger partial charge in [0.05, 0.1) is 6.61 Å². The molecule has 0 aromatic heterocycles. The van der Waals surface area contributed by atoms with Crippen molar-refractivity contribution in [2.24, 2.45) is 0 Å². The predicted molar refractivity (Wildman–Crippen MR) is 60.9 cm³/mol. The Kier molecular flexibility index (Phi) is 3.08. The molecule has 0 radical (unpaired) electrons. The van der Waals surface area contributed by atoms with Gasteiger partial charge in [-0.15, -0.1) is 0 Å². The molecule has 0 spiro atoms. The summed E-state index contributed by atoms with van der Waals surface area (Å²) in [6.45, 7) is 1.86. The first-order valence-corrected chi connectivity index (χ1v) is 5.68. The molecule has 1 aromatic carbocycles. The van der Waals surface area contributed by atoms with Gasteiger partial charge in [-0.3, -0.25) is 0 Å². The molecule has 0 saturated heterocycles. The summed E-state index contributed by atoms with van der Waals surface area (Å²) in [5.74, 6) is 1.58. The van der Waals surface area contributed by atoms with Crippen molar-refractivity contribution >= 4 is 15.9 Å². The van der Waals surface area contributed by atoms with Crippen molar-refractivity contribution in [3.63, 3.8) is 0 Å². The monoisotopic (exact) mass is 255 g/mol. The third-order valence-corrected chi connectivity index (χ3v) is 3.30. The van der Waals surface area contributed by atoms with E-state index in [1.807, 2.05) is 19.2 Å². The van der Waals surface area contributed by atoms with Crippen LogP contribution in [-0.2, 0) is 0 Å². The molecule has 1 aromatic rings. The zero-order chi connectivity index (χ0) is 9.97. The largest absolute Gasteiger partial charge is 0.493 e. The second-order valence-electron chi connectivity index (χ2n) is 3.55. The van der Waals surface area contributed by atoms with Gasteiger partial charge in [0, 0.05) is 16.0 Å². The highest BCUT2D eigenvalue weighted by atomic mass is 79.9. The molecule has 2 nitrogen and oxygen atoms in total. The molecular formula is C11H14BrNO.